The van der Waals surface area contributed by atoms with E-state index in [1.165, 1.54) is 5.56 Å². The van der Waals surface area contributed by atoms with E-state index < -0.39 is 0 Å². The van der Waals surface area contributed by atoms with E-state index in [1.54, 1.807) is 18.4 Å². The van der Waals surface area contributed by atoms with Gasteiger partial charge in [-0.1, -0.05) is 29.8 Å². The van der Waals surface area contributed by atoms with E-state index in [4.69, 9.17) is 4.74 Å². The summed E-state index contributed by atoms with van der Waals surface area (Å²) in [5.41, 5.74) is 3.27. The molecule has 0 fully saturated rings. The summed E-state index contributed by atoms with van der Waals surface area (Å²) < 4.78 is 4.96. The fourth-order valence-electron chi connectivity index (χ4n) is 2.06. The molecule has 1 aromatic carbocycles. The number of ether oxygens (including phenoxy) is 1. The Balaban J connectivity index is 1.98. The molecule has 0 aliphatic heterocycles. The maximum atomic E-state index is 11.9. The smallest absolute Gasteiger partial charge is 0.225 e. The number of aryl methyl sites for hydroxylation is 2. The van der Waals surface area contributed by atoms with Gasteiger partial charge in [-0.2, -0.15) is 0 Å². The van der Waals surface area contributed by atoms with E-state index in [-0.39, 0.29) is 5.91 Å². The van der Waals surface area contributed by atoms with Gasteiger partial charge in [0.15, 0.2) is 0 Å². The van der Waals surface area contributed by atoms with Crippen LogP contribution < -0.4 is 5.32 Å². The van der Waals surface area contributed by atoms with Crippen molar-refractivity contribution in [2.24, 2.45) is 0 Å². The lowest BCUT2D eigenvalue weighted by Crippen LogP contribution is -2.26. The summed E-state index contributed by atoms with van der Waals surface area (Å²) in [7, 11) is 1.66. The first-order chi connectivity index (χ1) is 10.6. The molecule has 0 atom stereocenters. The summed E-state index contributed by atoms with van der Waals surface area (Å²) in [6.07, 6.45) is 1.22. The molecule has 0 unspecified atom stereocenters. The van der Waals surface area contributed by atoms with Gasteiger partial charge in [0, 0.05) is 30.7 Å². The highest BCUT2D eigenvalue weighted by Gasteiger charge is 2.12. The molecule has 2 rings (SSSR count). The third-order valence-corrected chi connectivity index (χ3v) is 4.57. The molecule has 2 aromatic rings. The number of nitrogens with zero attached hydrogens (tertiary/aromatic N) is 1. The minimum Gasteiger partial charge on any atom is -0.385 e. The number of hydrogen-bond acceptors (Lipinski definition) is 4. The van der Waals surface area contributed by atoms with E-state index >= 15 is 0 Å². The minimum absolute atomic E-state index is 0.0401. The van der Waals surface area contributed by atoms with Crippen LogP contribution in [0.3, 0.4) is 0 Å². The zero-order valence-corrected chi connectivity index (χ0v) is 14.1. The van der Waals surface area contributed by atoms with Crippen molar-refractivity contribution in [3.63, 3.8) is 0 Å². The number of methoxy groups -OCH3 is 1. The normalized spacial score (nSPS) is 10.7. The van der Waals surface area contributed by atoms with Crippen molar-refractivity contribution in [1.82, 2.24) is 10.3 Å². The molecule has 0 aliphatic rings. The van der Waals surface area contributed by atoms with Crippen LogP contribution in [0.15, 0.2) is 24.3 Å². The maximum absolute atomic E-state index is 11.9. The van der Waals surface area contributed by atoms with Crippen LogP contribution in [0.2, 0.25) is 0 Å². The first kappa shape index (κ1) is 16.6. The molecule has 4 nitrogen and oxygen atoms in total. The van der Waals surface area contributed by atoms with Gasteiger partial charge in [-0.25, -0.2) is 4.98 Å². The van der Waals surface area contributed by atoms with Gasteiger partial charge in [0.05, 0.1) is 12.1 Å². The largest absolute Gasteiger partial charge is 0.385 e. The number of amides is 1. The molecule has 1 aromatic heterocycles. The quantitative estimate of drug-likeness (QED) is 0.798. The van der Waals surface area contributed by atoms with Gasteiger partial charge >= 0.3 is 0 Å². The number of aromatic nitrogens is 1. The molecule has 1 amide bonds. The number of benzene rings is 1. The highest BCUT2D eigenvalue weighted by Crippen LogP contribution is 2.28. The molecule has 0 aliphatic carbocycles. The Morgan fingerprint density at radius 1 is 1.27 bits per heavy atom. The lowest BCUT2D eigenvalue weighted by Gasteiger charge is -2.03. The van der Waals surface area contributed by atoms with Crippen molar-refractivity contribution in [1.29, 1.82) is 0 Å². The Morgan fingerprint density at radius 3 is 2.68 bits per heavy atom. The van der Waals surface area contributed by atoms with Gasteiger partial charge in [0.2, 0.25) is 5.91 Å². The summed E-state index contributed by atoms with van der Waals surface area (Å²) in [4.78, 5) is 17.6. The Bertz CT molecular complexity index is 620. The average Bonchev–Trinajstić information content (AvgIpc) is 2.85. The van der Waals surface area contributed by atoms with Crippen molar-refractivity contribution in [2.75, 3.05) is 20.3 Å². The number of carbonyl (C=O) groups excluding carboxylic acids is 1. The monoisotopic (exact) mass is 318 g/mol. The molecule has 0 saturated carbocycles. The topological polar surface area (TPSA) is 51.2 Å². The first-order valence-corrected chi connectivity index (χ1v) is 8.21. The number of carbonyl (C=O) groups is 1. The summed E-state index contributed by atoms with van der Waals surface area (Å²) >= 11 is 1.59. The molecule has 5 heteroatoms. The van der Waals surface area contributed by atoms with Gasteiger partial charge < -0.3 is 10.1 Å². The summed E-state index contributed by atoms with van der Waals surface area (Å²) in [5, 5.41) is 3.88. The molecule has 0 radical (unpaired) electrons. The van der Waals surface area contributed by atoms with Crippen LogP contribution in [-0.4, -0.2) is 31.2 Å². The second-order valence-electron chi connectivity index (χ2n) is 5.27. The Morgan fingerprint density at radius 2 is 2.00 bits per heavy atom. The van der Waals surface area contributed by atoms with Crippen molar-refractivity contribution < 1.29 is 9.53 Å². The number of rotatable bonds is 7. The molecule has 0 spiro atoms. The third kappa shape index (κ3) is 4.64. The molecule has 0 saturated heterocycles. The number of thiazole rings is 1. The number of hydrogen-bond donors (Lipinski definition) is 1. The molecule has 1 heterocycles. The first-order valence-electron chi connectivity index (χ1n) is 7.39. The van der Waals surface area contributed by atoms with Crippen molar-refractivity contribution >= 4 is 17.2 Å². The number of nitrogens with one attached hydrogen (secondary N) is 1. The Labute approximate surface area is 135 Å². The maximum Gasteiger partial charge on any atom is 0.225 e. The molecule has 118 valence electrons. The highest BCUT2D eigenvalue weighted by molar-refractivity contribution is 7.15. The zero-order chi connectivity index (χ0) is 15.9. The van der Waals surface area contributed by atoms with Crippen LogP contribution in [0.25, 0.3) is 10.6 Å². The molecular formula is C17H22N2O2S. The van der Waals surface area contributed by atoms with Crippen LogP contribution in [0, 0.1) is 13.8 Å². The standard InChI is InChI=1S/C17H22N2O2S/c1-12-5-7-14(8-6-12)17-19-13(2)15(22-17)11-16(20)18-9-4-10-21-3/h5-8H,4,9-11H2,1-3H3,(H,18,20). The van der Waals surface area contributed by atoms with E-state index in [9.17, 15) is 4.79 Å². The zero-order valence-electron chi connectivity index (χ0n) is 13.3. The summed E-state index contributed by atoms with van der Waals surface area (Å²) in [5.74, 6) is 0.0401. The Hall–Kier alpha value is -1.72. The van der Waals surface area contributed by atoms with Gasteiger partial charge in [-0.15, -0.1) is 11.3 Å². The van der Waals surface area contributed by atoms with Crippen LogP contribution in [0.4, 0.5) is 0 Å². The molecule has 22 heavy (non-hydrogen) atoms. The van der Waals surface area contributed by atoms with Gasteiger partial charge in [-0.3, -0.25) is 4.79 Å². The van der Waals surface area contributed by atoms with Crippen molar-refractivity contribution in [3.05, 3.63) is 40.4 Å². The van der Waals surface area contributed by atoms with E-state index in [2.05, 4.69) is 41.5 Å². The lowest BCUT2D eigenvalue weighted by atomic mass is 10.2. The SMILES string of the molecule is COCCCNC(=O)Cc1sc(-c2ccc(C)cc2)nc1C. The van der Waals surface area contributed by atoms with E-state index in [0.29, 0.717) is 19.6 Å². The fraction of sp³-hybridized carbons (Fsp3) is 0.412. The van der Waals surface area contributed by atoms with Gasteiger partial charge in [-0.05, 0) is 20.3 Å². The van der Waals surface area contributed by atoms with E-state index in [1.807, 2.05) is 6.92 Å². The highest BCUT2D eigenvalue weighted by atomic mass is 32.1. The van der Waals surface area contributed by atoms with Crippen LogP contribution >= 0.6 is 11.3 Å². The Kier molecular flexibility index (Phi) is 6.10. The molecular weight excluding hydrogens is 296 g/mol. The van der Waals surface area contributed by atoms with Crippen LogP contribution in [0.5, 0.6) is 0 Å². The van der Waals surface area contributed by atoms with Gasteiger partial charge in [0.1, 0.15) is 5.01 Å². The molecule has 1 N–H and O–H groups in total. The van der Waals surface area contributed by atoms with E-state index in [0.717, 1.165) is 27.6 Å². The second kappa shape index (κ2) is 8.06. The van der Waals surface area contributed by atoms with Crippen LogP contribution in [0.1, 0.15) is 22.6 Å². The lowest BCUT2D eigenvalue weighted by molar-refractivity contribution is -0.120. The summed E-state index contributed by atoms with van der Waals surface area (Å²) in [6, 6.07) is 8.30. The van der Waals surface area contributed by atoms with Gasteiger partial charge in [0.25, 0.3) is 0 Å². The van der Waals surface area contributed by atoms with Crippen molar-refractivity contribution in [3.8, 4) is 10.6 Å². The van der Waals surface area contributed by atoms with Crippen LogP contribution in [-0.2, 0) is 16.0 Å². The van der Waals surface area contributed by atoms with Crippen molar-refractivity contribution in [2.45, 2.75) is 26.7 Å². The predicted molar refractivity (Wildman–Crippen MR) is 90.2 cm³/mol. The third-order valence-electron chi connectivity index (χ3n) is 3.36. The summed E-state index contributed by atoms with van der Waals surface area (Å²) in [6.45, 7) is 5.34. The molecule has 0 bridgehead atoms. The minimum atomic E-state index is 0.0401. The fourth-order valence-corrected chi connectivity index (χ4v) is 3.13. The second-order valence-corrected chi connectivity index (χ2v) is 6.35. The predicted octanol–water partition coefficient (Wildman–Crippen LogP) is 3.12. The average molecular weight is 318 g/mol.